The van der Waals surface area contributed by atoms with E-state index in [4.69, 9.17) is 0 Å². The van der Waals surface area contributed by atoms with Gasteiger partial charge >= 0.3 is 0 Å². The lowest BCUT2D eigenvalue weighted by atomic mass is 10.2. The molecule has 1 aliphatic rings. The van der Waals surface area contributed by atoms with E-state index in [1.165, 1.54) is 24.3 Å². The molecule has 1 saturated heterocycles. The average Bonchev–Trinajstić information content (AvgIpc) is 2.72. The van der Waals surface area contributed by atoms with Crippen LogP contribution in [0.4, 0.5) is 0 Å². The number of rotatable bonds is 4. The lowest BCUT2D eigenvalue weighted by Crippen LogP contribution is -2.35. The minimum atomic E-state index is 0.726. The fourth-order valence-electron chi connectivity index (χ4n) is 1.73. The third kappa shape index (κ3) is 3.03. The van der Waals surface area contributed by atoms with E-state index in [0.29, 0.717) is 0 Å². The van der Waals surface area contributed by atoms with Gasteiger partial charge in [-0.1, -0.05) is 0 Å². The van der Waals surface area contributed by atoms with Crippen molar-refractivity contribution in [2.45, 2.75) is 25.3 Å². The van der Waals surface area contributed by atoms with Crippen molar-refractivity contribution < 1.29 is 0 Å². The van der Waals surface area contributed by atoms with E-state index in [1.807, 2.05) is 12.4 Å². The normalized spacial score (nSPS) is 22.4. The quantitative estimate of drug-likeness (QED) is 0.791. The Morgan fingerprint density at radius 1 is 1.64 bits per heavy atom. The average molecular weight is 211 g/mol. The Labute approximate surface area is 89.1 Å². The number of hydrogen-bond acceptors (Lipinski definition) is 3. The molecule has 0 spiro atoms. The molecule has 3 nitrogen and oxygen atoms in total. The van der Waals surface area contributed by atoms with Gasteiger partial charge in [0.25, 0.3) is 0 Å². The maximum absolute atomic E-state index is 4.20. The molecule has 0 amide bonds. The molecule has 1 fully saturated rings. The number of imidazole rings is 1. The zero-order valence-electron chi connectivity index (χ0n) is 8.33. The molecule has 2 N–H and O–H groups in total. The molecule has 0 radical (unpaired) electrons. The first-order chi connectivity index (χ1) is 6.95. The first kappa shape index (κ1) is 10.1. The van der Waals surface area contributed by atoms with E-state index in [9.17, 15) is 0 Å². The Kier molecular flexibility index (Phi) is 3.89. The standard InChI is InChI=1S/C10H17N3S/c1-2-9(8-14-7-1)11-4-3-10-12-5-6-13-10/h5-6,9,11H,1-4,7-8H2,(H,12,13). The maximum atomic E-state index is 4.20. The third-order valence-electron chi connectivity index (χ3n) is 2.51. The van der Waals surface area contributed by atoms with Gasteiger partial charge in [-0.25, -0.2) is 4.98 Å². The van der Waals surface area contributed by atoms with Crippen LogP contribution >= 0.6 is 11.8 Å². The lowest BCUT2D eigenvalue weighted by molar-refractivity contribution is 0.508. The van der Waals surface area contributed by atoms with Gasteiger partial charge in [-0.05, 0) is 18.6 Å². The van der Waals surface area contributed by atoms with Crippen LogP contribution in [0.5, 0.6) is 0 Å². The number of hydrogen-bond donors (Lipinski definition) is 2. The molecule has 2 heterocycles. The zero-order valence-corrected chi connectivity index (χ0v) is 9.15. The molecule has 14 heavy (non-hydrogen) atoms. The summed E-state index contributed by atoms with van der Waals surface area (Å²) in [5.41, 5.74) is 0. The van der Waals surface area contributed by atoms with E-state index in [1.54, 1.807) is 0 Å². The Bertz CT molecular complexity index is 242. The topological polar surface area (TPSA) is 40.7 Å². The molecule has 0 aromatic carbocycles. The monoisotopic (exact) mass is 211 g/mol. The van der Waals surface area contributed by atoms with Gasteiger partial charge in [0.1, 0.15) is 5.82 Å². The van der Waals surface area contributed by atoms with Crippen molar-refractivity contribution in [3.63, 3.8) is 0 Å². The summed E-state index contributed by atoms with van der Waals surface area (Å²) < 4.78 is 0. The van der Waals surface area contributed by atoms with Crippen LogP contribution in [-0.4, -0.2) is 34.1 Å². The van der Waals surface area contributed by atoms with E-state index in [0.717, 1.165) is 24.8 Å². The highest BCUT2D eigenvalue weighted by atomic mass is 32.2. The predicted molar refractivity (Wildman–Crippen MR) is 60.6 cm³/mol. The van der Waals surface area contributed by atoms with Gasteiger partial charge in [0, 0.05) is 37.2 Å². The molecule has 1 unspecified atom stereocenters. The van der Waals surface area contributed by atoms with Crippen LogP contribution in [0.15, 0.2) is 12.4 Å². The molecule has 1 atom stereocenters. The molecule has 0 bridgehead atoms. The van der Waals surface area contributed by atoms with Crippen LogP contribution in [0.1, 0.15) is 18.7 Å². The van der Waals surface area contributed by atoms with Crippen molar-refractivity contribution in [1.82, 2.24) is 15.3 Å². The number of H-pyrrole nitrogens is 1. The van der Waals surface area contributed by atoms with E-state index in [2.05, 4.69) is 27.0 Å². The van der Waals surface area contributed by atoms with Crippen LogP contribution in [0.3, 0.4) is 0 Å². The van der Waals surface area contributed by atoms with Gasteiger partial charge in [0.05, 0.1) is 0 Å². The van der Waals surface area contributed by atoms with E-state index < -0.39 is 0 Å². The molecule has 2 rings (SSSR count). The van der Waals surface area contributed by atoms with Gasteiger partial charge in [-0.15, -0.1) is 0 Å². The Balaban J connectivity index is 1.62. The molecule has 1 aromatic rings. The van der Waals surface area contributed by atoms with E-state index in [-0.39, 0.29) is 0 Å². The first-order valence-corrected chi connectivity index (χ1v) is 6.40. The third-order valence-corrected chi connectivity index (χ3v) is 3.73. The summed E-state index contributed by atoms with van der Waals surface area (Å²) >= 11 is 2.06. The fraction of sp³-hybridized carbons (Fsp3) is 0.700. The molecule has 1 aliphatic heterocycles. The Hall–Kier alpha value is -0.480. The molecule has 1 aromatic heterocycles. The molecular formula is C10H17N3S. The highest BCUT2D eigenvalue weighted by molar-refractivity contribution is 7.99. The van der Waals surface area contributed by atoms with Crippen LogP contribution < -0.4 is 5.32 Å². The lowest BCUT2D eigenvalue weighted by Gasteiger charge is -2.22. The first-order valence-electron chi connectivity index (χ1n) is 5.24. The van der Waals surface area contributed by atoms with Crippen molar-refractivity contribution in [2.24, 2.45) is 0 Å². The van der Waals surface area contributed by atoms with Crippen LogP contribution in [0, 0.1) is 0 Å². The summed E-state index contributed by atoms with van der Waals surface area (Å²) in [4.78, 5) is 7.32. The second kappa shape index (κ2) is 5.41. The van der Waals surface area contributed by atoms with Crippen LogP contribution in [0.2, 0.25) is 0 Å². The smallest absolute Gasteiger partial charge is 0.107 e. The SMILES string of the molecule is c1c[nH]c(CCNC2CCCSC2)n1. The largest absolute Gasteiger partial charge is 0.349 e. The number of aromatic nitrogens is 2. The highest BCUT2D eigenvalue weighted by Gasteiger charge is 2.12. The van der Waals surface area contributed by atoms with Crippen molar-refractivity contribution >= 4 is 11.8 Å². The molecular weight excluding hydrogens is 194 g/mol. The van der Waals surface area contributed by atoms with Gasteiger partial charge in [0.2, 0.25) is 0 Å². The van der Waals surface area contributed by atoms with Crippen molar-refractivity contribution in [3.8, 4) is 0 Å². The minimum absolute atomic E-state index is 0.726. The number of thioether (sulfide) groups is 1. The minimum Gasteiger partial charge on any atom is -0.349 e. The van der Waals surface area contributed by atoms with Gasteiger partial charge in [-0.2, -0.15) is 11.8 Å². The Morgan fingerprint density at radius 3 is 3.36 bits per heavy atom. The summed E-state index contributed by atoms with van der Waals surface area (Å²) in [5.74, 6) is 3.70. The number of nitrogens with zero attached hydrogens (tertiary/aromatic N) is 1. The molecule has 78 valence electrons. The van der Waals surface area contributed by atoms with E-state index >= 15 is 0 Å². The van der Waals surface area contributed by atoms with Gasteiger partial charge < -0.3 is 10.3 Å². The van der Waals surface area contributed by atoms with Gasteiger partial charge in [-0.3, -0.25) is 0 Å². The molecule has 4 heteroatoms. The van der Waals surface area contributed by atoms with Crippen molar-refractivity contribution in [2.75, 3.05) is 18.1 Å². The number of nitrogens with one attached hydrogen (secondary N) is 2. The van der Waals surface area contributed by atoms with Crippen molar-refractivity contribution in [1.29, 1.82) is 0 Å². The number of aromatic amines is 1. The Morgan fingerprint density at radius 2 is 2.64 bits per heavy atom. The van der Waals surface area contributed by atoms with Crippen LogP contribution in [-0.2, 0) is 6.42 Å². The summed E-state index contributed by atoms with van der Waals surface area (Å²) in [7, 11) is 0. The molecule has 0 aliphatic carbocycles. The zero-order chi connectivity index (χ0) is 9.64. The second-order valence-electron chi connectivity index (χ2n) is 3.65. The second-order valence-corrected chi connectivity index (χ2v) is 4.80. The fourth-order valence-corrected chi connectivity index (χ4v) is 2.84. The van der Waals surface area contributed by atoms with Crippen molar-refractivity contribution in [3.05, 3.63) is 18.2 Å². The maximum Gasteiger partial charge on any atom is 0.107 e. The van der Waals surface area contributed by atoms with Gasteiger partial charge in [0.15, 0.2) is 0 Å². The predicted octanol–water partition coefficient (Wildman–Crippen LogP) is 1.44. The summed E-state index contributed by atoms with van der Waals surface area (Å²) in [6, 6.07) is 0.726. The highest BCUT2D eigenvalue weighted by Crippen LogP contribution is 2.16. The molecule has 0 saturated carbocycles. The summed E-state index contributed by atoms with van der Waals surface area (Å²) in [6.45, 7) is 1.04. The summed E-state index contributed by atoms with van der Waals surface area (Å²) in [6.07, 6.45) is 7.40. The van der Waals surface area contributed by atoms with Crippen LogP contribution in [0.25, 0.3) is 0 Å². The summed E-state index contributed by atoms with van der Waals surface area (Å²) in [5, 5.41) is 3.58.